The average molecular weight is 444 g/mol. The fourth-order valence-electron chi connectivity index (χ4n) is 3.60. The third-order valence-corrected chi connectivity index (χ3v) is 5.20. The third kappa shape index (κ3) is 5.27. The minimum Gasteiger partial charge on any atom is -0.505 e. The van der Waals surface area contributed by atoms with Crippen molar-refractivity contribution < 1.29 is 19.4 Å². The van der Waals surface area contributed by atoms with Gasteiger partial charge in [-0.1, -0.05) is 24.3 Å². The summed E-state index contributed by atoms with van der Waals surface area (Å²) in [4.78, 5) is 20.9. The number of hydrogen-bond acceptors (Lipinski definition) is 7. The van der Waals surface area contributed by atoms with Gasteiger partial charge in [-0.25, -0.2) is 4.79 Å². The summed E-state index contributed by atoms with van der Waals surface area (Å²) in [6, 6.07) is 18.0. The normalized spacial score (nSPS) is 11.8. The molecule has 0 radical (unpaired) electrons. The second kappa shape index (κ2) is 10.6. The average Bonchev–Trinajstić information content (AvgIpc) is 2.86. The number of phenols is 1. The van der Waals surface area contributed by atoms with Gasteiger partial charge in [0, 0.05) is 41.8 Å². The Hall–Kier alpha value is -3.97. The summed E-state index contributed by atoms with van der Waals surface area (Å²) in [6.45, 7) is 3.02. The van der Waals surface area contributed by atoms with E-state index < -0.39 is 12.0 Å². The molecule has 0 aliphatic carbocycles. The van der Waals surface area contributed by atoms with Gasteiger partial charge in [0.25, 0.3) is 0 Å². The number of hydrogen-bond donors (Lipinski definition) is 2. The van der Waals surface area contributed by atoms with E-state index in [0.29, 0.717) is 35.5 Å². The van der Waals surface area contributed by atoms with Gasteiger partial charge in [-0.2, -0.15) is 0 Å². The SMILES string of the molecule is CCOCCOC(=O)c1cccc(NC(c2ccncc2)c2ccc3cccnc3c2O)c1. The Balaban J connectivity index is 1.64. The number of ether oxygens (including phenoxy) is 2. The Bertz CT molecular complexity index is 1230. The predicted molar refractivity (Wildman–Crippen MR) is 126 cm³/mol. The van der Waals surface area contributed by atoms with Crippen LogP contribution in [0, 0.1) is 0 Å². The Labute approximate surface area is 192 Å². The molecule has 2 heterocycles. The Morgan fingerprint density at radius 2 is 1.88 bits per heavy atom. The van der Waals surface area contributed by atoms with E-state index in [1.54, 1.807) is 36.8 Å². The van der Waals surface area contributed by atoms with Crippen LogP contribution in [-0.4, -0.2) is 40.9 Å². The number of pyridine rings is 2. The number of esters is 1. The lowest BCUT2D eigenvalue weighted by Crippen LogP contribution is -2.14. The maximum absolute atomic E-state index is 12.4. The molecule has 1 atom stereocenters. The second-order valence-electron chi connectivity index (χ2n) is 7.35. The number of carbonyl (C=O) groups excluding carboxylic acids is 1. The Kier molecular flexibility index (Phi) is 7.12. The maximum Gasteiger partial charge on any atom is 0.338 e. The molecule has 0 spiro atoms. The molecule has 7 nitrogen and oxygen atoms in total. The van der Waals surface area contributed by atoms with Crippen molar-refractivity contribution in [3.8, 4) is 5.75 Å². The molecule has 0 amide bonds. The number of nitrogens with one attached hydrogen (secondary N) is 1. The zero-order valence-corrected chi connectivity index (χ0v) is 18.3. The van der Waals surface area contributed by atoms with Crippen LogP contribution in [-0.2, 0) is 9.47 Å². The van der Waals surface area contributed by atoms with Gasteiger partial charge >= 0.3 is 5.97 Å². The number of anilines is 1. The molecule has 1 unspecified atom stereocenters. The van der Waals surface area contributed by atoms with E-state index in [2.05, 4.69) is 15.3 Å². The van der Waals surface area contributed by atoms with Gasteiger partial charge in [0.05, 0.1) is 18.2 Å². The minimum atomic E-state index is -0.420. The molecule has 2 aromatic heterocycles. The van der Waals surface area contributed by atoms with E-state index in [9.17, 15) is 9.90 Å². The molecule has 33 heavy (non-hydrogen) atoms. The van der Waals surface area contributed by atoms with Crippen LogP contribution < -0.4 is 5.32 Å². The first-order valence-corrected chi connectivity index (χ1v) is 10.8. The summed E-state index contributed by atoms with van der Waals surface area (Å²) in [5.41, 5.74) is 3.23. The smallest absolute Gasteiger partial charge is 0.338 e. The zero-order valence-electron chi connectivity index (χ0n) is 18.3. The van der Waals surface area contributed by atoms with Crippen LogP contribution in [0.3, 0.4) is 0 Å². The first-order valence-electron chi connectivity index (χ1n) is 10.8. The van der Waals surface area contributed by atoms with Crippen LogP contribution >= 0.6 is 0 Å². The number of rotatable bonds is 9. The van der Waals surface area contributed by atoms with Crippen molar-refractivity contribution >= 4 is 22.6 Å². The number of fused-ring (bicyclic) bond motifs is 1. The summed E-state index contributed by atoms with van der Waals surface area (Å²) in [5.74, 6) is -0.314. The van der Waals surface area contributed by atoms with Crippen molar-refractivity contribution in [3.05, 3.63) is 95.9 Å². The lowest BCUT2D eigenvalue weighted by molar-refractivity contribution is 0.0335. The number of aromatic hydroxyl groups is 1. The highest BCUT2D eigenvalue weighted by molar-refractivity contribution is 5.90. The highest BCUT2D eigenvalue weighted by atomic mass is 16.6. The van der Waals surface area contributed by atoms with E-state index in [4.69, 9.17) is 9.47 Å². The molecule has 0 saturated carbocycles. The fourth-order valence-corrected chi connectivity index (χ4v) is 3.60. The molecule has 2 N–H and O–H groups in total. The third-order valence-electron chi connectivity index (χ3n) is 5.20. The number of nitrogens with zero attached hydrogens (tertiary/aromatic N) is 2. The van der Waals surface area contributed by atoms with Gasteiger partial charge in [0.15, 0.2) is 0 Å². The van der Waals surface area contributed by atoms with E-state index in [1.165, 1.54) is 0 Å². The number of aromatic nitrogens is 2. The summed E-state index contributed by atoms with van der Waals surface area (Å²) < 4.78 is 10.5. The molecule has 0 saturated heterocycles. The maximum atomic E-state index is 12.4. The molecule has 0 bridgehead atoms. The monoisotopic (exact) mass is 443 g/mol. The predicted octanol–water partition coefficient (Wildman–Crippen LogP) is 4.73. The lowest BCUT2D eigenvalue weighted by atomic mass is 9.96. The van der Waals surface area contributed by atoms with Gasteiger partial charge in [-0.05, 0) is 48.9 Å². The number of carbonyl (C=O) groups is 1. The zero-order chi connectivity index (χ0) is 23.0. The summed E-state index contributed by atoms with van der Waals surface area (Å²) in [5, 5.41) is 15.3. The molecule has 0 aliphatic rings. The summed E-state index contributed by atoms with van der Waals surface area (Å²) >= 11 is 0. The van der Waals surface area contributed by atoms with Gasteiger partial charge in [0.1, 0.15) is 17.9 Å². The van der Waals surface area contributed by atoms with Crippen LogP contribution in [0.2, 0.25) is 0 Å². The molecule has 4 aromatic rings. The van der Waals surface area contributed by atoms with Gasteiger partial charge < -0.3 is 19.9 Å². The molecule has 0 fully saturated rings. The summed E-state index contributed by atoms with van der Waals surface area (Å²) in [7, 11) is 0. The molecule has 2 aromatic carbocycles. The molecule has 7 heteroatoms. The molecular weight excluding hydrogens is 418 g/mol. The minimum absolute atomic E-state index is 0.105. The summed E-state index contributed by atoms with van der Waals surface area (Å²) in [6.07, 6.45) is 5.06. The first-order chi connectivity index (χ1) is 16.2. The Morgan fingerprint density at radius 1 is 1.03 bits per heavy atom. The highest BCUT2D eigenvalue weighted by Crippen LogP contribution is 2.36. The van der Waals surface area contributed by atoms with Gasteiger partial charge in [0.2, 0.25) is 0 Å². The van der Waals surface area contributed by atoms with Crippen molar-refractivity contribution in [2.75, 3.05) is 25.1 Å². The van der Waals surface area contributed by atoms with Crippen LogP contribution in [0.4, 0.5) is 5.69 Å². The van der Waals surface area contributed by atoms with Crippen molar-refractivity contribution in [1.29, 1.82) is 0 Å². The Morgan fingerprint density at radius 3 is 2.70 bits per heavy atom. The standard InChI is InChI=1S/C26H25N3O4/c1-2-32-15-16-33-26(31)20-5-3-7-21(17-20)29-23(19-10-13-27-14-11-19)22-9-8-18-6-4-12-28-24(18)25(22)30/h3-14,17,23,29-30H,2,15-16H2,1H3. The van der Waals surface area contributed by atoms with E-state index in [0.717, 1.165) is 10.9 Å². The van der Waals surface area contributed by atoms with E-state index in [1.807, 2.05) is 49.4 Å². The van der Waals surface area contributed by atoms with Crippen LogP contribution in [0.25, 0.3) is 10.9 Å². The van der Waals surface area contributed by atoms with E-state index >= 15 is 0 Å². The van der Waals surface area contributed by atoms with Gasteiger partial charge in [-0.15, -0.1) is 0 Å². The lowest BCUT2D eigenvalue weighted by Gasteiger charge is -2.22. The number of benzene rings is 2. The van der Waals surface area contributed by atoms with Crippen molar-refractivity contribution in [2.45, 2.75) is 13.0 Å². The first kappa shape index (κ1) is 22.2. The van der Waals surface area contributed by atoms with Crippen LogP contribution in [0.15, 0.2) is 79.3 Å². The quantitative estimate of drug-likeness (QED) is 0.285. The second-order valence-corrected chi connectivity index (χ2v) is 7.35. The topological polar surface area (TPSA) is 93.6 Å². The molecule has 168 valence electrons. The van der Waals surface area contributed by atoms with Crippen molar-refractivity contribution in [1.82, 2.24) is 9.97 Å². The number of phenolic OH excluding ortho intramolecular Hbond substituents is 1. The highest BCUT2D eigenvalue weighted by Gasteiger charge is 2.20. The van der Waals surface area contributed by atoms with Crippen LogP contribution in [0.5, 0.6) is 5.75 Å². The largest absolute Gasteiger partial charge is 0.505 e. The van der Waals surface area contributed by atoms with Crippen molar-refractivity contribution in [2.24, 2.45) is 0 Å². The molecule has 4 rings (SSSR count). The molecular formula is C26H25N3O4. The van der Waals surface area contributed by atoms with Gasteiger partial charge in [-0.3, -0.25) is 9.97 Å². The fraction of sp³-hybridized carbons (Fsp3) is 0.192. The molecule has 0 aliphatic heterocycles. The van der Waals surface area contributed by atoms with Crippen LogP contribution in [0.1, 0.15) is 34.5 Å². The van der Waals surface area contributed by atoms with E-state index in [-0.39, 0.29) is 12.4 Å². The van der Waals surface area contributed by atoms with Crippen molar-refractivity contribution in [3.63, 3.8) is 0 Å².